The largest absolute Gasteiger partial charge is 0.340 e. The van der Waals surface area contributed by atoms with Crippen molar-refractivity contribution in [2.24, 2.45) is 12.0 Å². The number of carbonyl (C=O) groups excluding carboxylic acids is 1. The molecule has 0 saturated heterocycles. The van der Waals surface area contributed by atoms with Gasteiger partial charge in [-0.2, -0.15) is 5.26 Å². The first-order valence-corrected chi connectivity index (χ1v) is 12.3. The summed E-state index contributed by atoms with van der Waals surface area (Å²) in [5.74, 6) is -0.666. The number of rotatable bonds is 5. The van der Waals surface area contributed by atoms with Gasteiger partial charge in [0.05, 0.1) is 40.7 Å². The Hall–Kier alpha value is -5.28. The Labute approximate surface area is 220 Å². The summed E-state index contributed by atoms with van der Waals surface area (Å²) in [4.78, 5) is 25.4. The number of aryl methyl sites for hydroxylation is 1. The number of anilines is 2. The van der Waals surface area contributed by atoms with E-state index in [9.17, 15) is 10.1 Å². The van der Waals surface area contributed by atoms with E-state index in [2.05, 4.69) is 11.1 Å². The maximum atomic E-state index is 14.1. The van der Waals surface area contributed by atoms with Crippen LogP contribution in [0.3, 0.4) is 0 Å². The van der Waals surface area contributed by atoms with E-state index < -0.39 is 5.92 Å². The first-order chi connectivity index (χ1) is 18.6. The van der Waals surface area contributed by atoms with E-state index in [1.54, 1.807) is 23.4 Å². The Balaban J connectivity index is 1.48. The topological polar surface area (TPSA) is 74.3 Å². The lowest BCUT2D eigenvalue weighted by atomic mass is 9.90. The zero-order valence-corrected chi connectivity index (χ0v) is 20.7. The molecule has 1 amide bonds. The molecule has 6 rings (SSSR count). The number of hydrogen-bond donors (Lipinski definition) is 0. The van der Waals surface area contributed by atoms with Crippen LogP contribution in [0.4, 0.5) is 17.1 Å². The Morgan fingerprint density at radius 1 is 0.895 bits per heavy atom. The lowest BCUT2D eigenvalue weighted by Gasteiger charge is -2.19. The molecule has 5 aromatic rings. The molecule has 182 valence electrons. The molecule has 0 aliphatic carbocycles. The summed E-state index contributed by atoms with van der Waals surface area (Å²) < 4.78 is 1.91. The van der Waals surface area contributed by atoms with Gasteiger partial charge in [0.1, 0.15) is 5.92 Å². The third-order valence-corrected chi connectivity index (χ3v) is 6.67. The van der Waals surface area contributed by atoms with E-state index in [-0.39, 0.29) is 5.91 Å². The standard InChI is InChI=1S/C32H23N5O/c1-36-20-28(34-21-36)23-15-17-25(18-16-23)35-31(24-13-11-22(19-33)12-14-24)30-27-9-5-6-10-29(27)37(32(30)38)26-7-3-2-4-8-26/h2-18,20-21,30H,1H3. The van der Waals surface area contributed by atoms with Crippen LogP contribution in [0.15, 0.2) is 121 Å². The van der Waals surface area contributed by atoms with Crippen LogP contribution in [-0.4, -0.2) is 21.2 Å². The average molecular weight is 494 g/mol. The molecular formula is C32H23N5O. The summed E-state index contributed by atoms with van der Waals surface area (Å²) in [6.45, 7) is 0. The summed E-state index contributed by atoms with van der Waals surface area (Å²) in [7, 11) is 1.94. The van der Waals surface area contributed by atoms with E-state index in [0.29, 0.717) is 11.3 Å². The van der Waals surface area contributed by atoms with Crippen LogP contribution in [0.1, 0.15) is 22.6 Å². The van der Waals surface area contributed by atoms with Gasteiger partial charge in [0, 0.05) is 24.5 Å². The molecule has 1 aliphatic heterocycles. The molecule has 1 atom stereocenters. The smallest absolute Gasteiger partial charge is 0.245 e. The number of fused-ring (bicyclic) bond motifs is 1. The second kappa shape index (κ2) is 9.64. The van der Waals surface area contributed by atoms with Crippen LogP contribution in [0.25, 0.3) is 11.3 Å². The van der Waals surface area contributed by atoms with Crippen molar-refractivity contribution < 1.29 is 4.79 Å². The van der Waals surface area contributed by atoms with E-state index in [4.69, 9.17) is 4.99 Å². The summed E-state index contributed by atoms with van der Waals surface area (Å²) >= 11 is 0. The lowest BCUT2D eigenvalue weighted by molar-refractivity contribution is -0.117. The molecule has 4 aromatic carbocycles. The monoisotopic (exact) mass is 493 g/mol. The number of nitrogens with zero attached hydrogens (tertiary/aromatic N) is 5. The van der Waals surface area contributed by atoms with E-state index in [0.717, 1.165) is 39.4 Å². The molecule has 1 aromatic heterocycles. The minimum Gasteiger partial charge on any atom is -0.340 e. The Bertz CT molecular complexity index is 1690. The number of para-hydroxylation sites is 2. The van der Waals surface area contributed by atoms with Crippen molar-refractivity contribution in [1.29, 1.82) is 5.26 Å². The third-order valence-electron chi connectivity index (χ3n) is 6.67. The van der Waals surface area contributed by atoms with Crippen LogP contribution in [0.5, 0.6) is 0 Å². The van der Waals surface area contributed by atoms with Crippen LogP contribution in [0, 0.1) is 11.3 Å². The quantitative estimate of drug-likeness (QED) is 0.261. The molecule has 6 nitrogen and oxygen atoms in total. The number of hydrogen-bond acceptors (Lipinski definition) is 4. The molecule has 1 unspecified atom stereocenters. The van der Waals surface area contributed by atoms with Crippen LogP contribution in [-0.2, 0) is 11.8 Å². The van der Waals surface area contributed by atoms with Crippen molar-refractivity contribution >= 4 is 28.7 Å². The van der Waals surface area contributed by atoms with Gasteiger partial charge in [-0.05, 0) is 53.6 Å². The second-order valence-corrected chi connectivity index (χ2v) is 9.16. The minimum atomic E-state index is -0.602. The molecule has 0 bridgehead atoms. The van der Waals surface area contributed by atoms with Gasteiger partial charge in [-0.1, -0.05) is 60.7 Å². The van der Waals surface area contributed by atoms with Gasteiger partial charge >= 0.3 is 0 Å². The molecule has 0 fully saturated rings. The van der Waals surface area contributed by atoms with E-state index >= 15 is 0 Å². The summed E-state index contributed by atoms with van der Waals surface area (Å²) in [6, 6.07) is 34.8. The Morgan fingerprint density at radius 3 is 2.29 bits per heavy atom. The summed E-state index contributed by atoms with van der Waals surface area (Å²) in [5, 5.41) is 9.32. The van der Waals surface area contributed by atoms with Crippen LogP contribution < -0.4 is 4.90 Å². The maximum Gasteiger partial charge on any atom is 0.245 e. The molecule has 2 heterocycles. The summed E-state index contributed by atoms with van der Waals surface area (Å²) in [6.07, 6.45) is 3.73. The fourth-order valence-electron chi connectivity index (χ4n) is 4.84. The first-order valence-electron chi connectivity index (χ1n) is 12.3. The van der Waals surface area contributed by atoms with Gasteiger partial charge in [0.15, 0.2) is 0 Å². The summed E-state index contributed by atoms with van der Waals surface area (Å²) in [5.41, 5.74) is 7.14. The third kappa shape index (κ3) is 4.16. The molecule has 6 heteroatoms. The highest BCUT2D eigenvalue weighted by molar-refractivity contribution is 6.26. The number of amides is 1. The number of aromatic nitrogens is 2. The van der Waals surface area contributed by atoms with Crippen LogP contribution in [0.2, 0.25) is 0 Å². The number of carbonyl (C=O) groups is 1. The molecule has 0 spiro atoms. The Morgan fingerprint density at radius 2 is 1.61 bits per heavy atom. The number of nitriles is 1. The van der Waals surface area contributed by atoms with Gasteiger partial charge in [0.2, 0.25) is 5.91 Å². The SMILES string of the molecule is Cn1cnc(-c2ccc(N=C(c3ccc(C#N)cc3)C3C(=O)N(c4ccccc4)c4ccccc43)cc2)c1. The van der Waals surface area contributed by atoms with Crippen molar-refractivity contribution in [3.05, 3.63) is 132 Å². The second-order valence-electron chi connectivity index (χ2n) is 9.16. The molecule has 0 radical (unpaired) electrons. The highest BCUT2D eigenvalue weighted by Crippen LogP contribution is 2.44. The zero-order chi connectivity index (χ0) is 26.1. The van der Waals surface area contributed by atoms with Gasteiger partial charge in [-0.25, -0.2) is 4.98 Å². The minimum absolute atomic E-state index is 0.0642. The van der Waals surface area contributed by atoms with Gasteiger partial charge < -0.3 is 4.57 Å². The van der Waals surface area contributed by atoms with Crippen molar-refractivity contribution in [2.45, 2.75) is 5.92 Å². The Kier molecular flexibility index (Phi) is 5.87. The predicted molar refractivity (Wildman–Crippen MR) is 149 cm³/mol. The molecule has 38 heavy (non-hydrogen) atoms. The van der Waals surface area contributed by atoms with Crippen molar-refractivity contribution in [3.8, 4) is 17.3 Å². The van der Waals surface area contributed by atoms with Gasteiger partial charge in [-0.3, -0.25) is 14.7 Å². The van der Waals surface area contributed by atoms with Crippen molar-refractivity contribution in [1.82, 2.24) is 9.55 Å². The molecule has 1 aliphatic rings. The van der Waals surface area contributed by atoms with Crippen molar-refractivity contribution in [2.75, 3.05) is 4.90 Å². The van der Waals surface area contributed by atoms with E-state index in [1.807, 2.05) is 109 Å². The number of imidazole rings is 1. The predicted octanol–water partition coefficient (Wildman–Crippen LogP) is 6.54. The highest BCUT2D eigenvalue weighted by atomic mass is 16.2. The lowest BCUT2D eigenvalue weighted by Crippen LogP contribution is -2.28. The highest BCUT2D eigenvalue weighted by Gasteiger charge is 2.41. The van der Waals surface area contributed by atoms with Gasteiger partial charge in [0.25, 0.3) is 0 Å². The van der Waals surface area contributed by atoms with Crippen LogP contribution >= 0.6 is 0 Å². The molecular weight excluding hydrogens is 470 g/mol. The normalized spacial score (nSPS) is 14.8. The fraction of sp³-hybridized carbons (Fsp3) is 0.0625. The molecule has 0 N–H and O–H groups in total. The van der Waals surface area contributed by atoms with Gasteiger partial charge in [-0.15, -0.1) is 0 Å². The maximum absolute atomic E-state index is 14.1. The fourth-order valence-corrected chi connectivity index (χ4v) is 4.84. The number of aliphatic imine (C=N–C) groups is 1. The number of benzene rings is 4. The first kappa shape index (κ1) is 23.1. The van der Waals surface area contributed by atoms with Crippen molar-refractivity contribution in [3.63, 3.8) is 0 Å². The zero-order valence-electron chi connectivity index (χ0n) is 20.7. The average Bonchev–Trinajstić information content (AvgIpc) is 3.53. The molecule has 0 saturated carbocycles. The van der Waals surface area contributed by atoms with E-state index in [1.165, 1.54) is 0 Å².